The molecule has 3 aromatic rings. The standard InChI is InChI=1S/C27H27N3O5/c1-29(2)20-8-5-18(6-9-20)24-23(25(31)19-7-10-21(34-3)22(15-19)35-4)26(32)27(33)30(24)16-17-11-13-28-14-12-17/h5-15,24,31H,16H2,1-4H3/b25-23-. The van der Waals surface area contributed by atoms with Crippen LogP contribution in [0.15, 0.2) is 72.6 Å². The zero-order valence-corrected chi connectivity index (χ0v) is 20.1. The fraction of sp³-hybridized carbons (Fsp3) is 0.222. The Morgan fingerprint density at radius 1 is 0.971 bits per heavy atom. The molecule has 2 aromatic carbocycles. The average molecular weight is 474 g/mol. The lowest BCUT2D eigenvalue weighted by atomic mass is 9.94. The average Bonchev–Trinajstić information content (AvgIpc) is 3.13. The molecule has 1 amide bonds. The minimum Gasteiger partial charge on any atom is -0.507 e. The fourth-order valence-corrected chi connectivity index (χ4v) is 4.17. The molecule has 1 N–H and O–H groups in total. The number of nitrogens with zero attached hydrogens (tertiary/aromatic N) is 3. The van der Waals surface area contributed by atoms with Crippen LogP contribution in [0.25, 0.3) is 5.76 Å². The predicted octanol–water partition coefficient (Wildman–Crippen LogP) is 3.79. The minimum atomic E-state index is -0.771. The molecule has 1 aliphatic rings. The van der Waals surface area contributed by atoms with Crippen molar-refractivity contribution >= 4 is 23.1 Å². The van der Waals surface area contributed by atoms with Crippen molar-refractivity contribution in [1.29, 1.82) is 0 Å². The molecule has 1 aliphatic heterocycles. The third kappa shape index (κ3) is 4.55. The number of hydrogen-bond acceptors (Lipinski definition) is 7. The number of amides is 1. The number of aliphatic hydroxyl groups is 1. The van der Waals surface area contributed by atoms with Crippen LogP contribution in [0.1, 0.15) is 22.7 Å². The molecule has 1 atom stereocenters. The number of benzene rings is 2. The lowest BCUT2D eigenvalue weighted by molar-refractivity contribution is -0.140. The van der Waals surface area contributed by atoms with Gasteiger partial charge in [0.05, 0.1) is 25.8 Å². The SMILES string of the molecule is COc1ccc(/C(O)=C2/C(=O)C(=O)N(Cc3ccncc3)C2c2ccc(N(C)C)cc2)cc1OC. The van der Waals surface area contributed by atoms with E-state index >= 15 is 0 Å². The maximum Gasteiger partial charge on any atom is 0.295 e. The van der Waals surface area contributed by atoms with Crippen molar-refractivity contribution in [3.63, 3.8) is 0 Å². The van der Waals surface area contributed by atoms with E-state index in [9.17, 15) is 14.7 Å². The van der Waals surface area contributed by atoms with Crippen molar-refractivity contribution in [3.8, 4) is 11.5 Å². The topological polar surface area (TPSA) is 92.2 Å². The second kappa shape index (κ2) is 9.89. The fourth-order valence-electron chi connectivity index (χ4n) is 4.17. The van der Waals surface area contributed by atoms with E-state index < -0.39 is 17.7 Å². The number of carbonyl (C=O) groups excluding carboxylic acids is 2. The first-order valence-electron chi connectivity index (χ1n) is 11.0. The maximum atomic E-state index is 13.3. The lowest BCUT2D eigenvalue weighted by Crippen LogP contribution is -2.29. The van der Waals surface area contributed by atoms with Crippen molar-refractivity contribution in [2.45, 2.75) is 12.6 Å². The molecule has 0 bridgehead atoms. The Labute approximate surface area is 204 Å². The van der Waals surface area contributed by atoms with Crippen LogP contribution in [0.5, 0.6) is 11.5 Å². The number of rotatable bonds is 7. The van der Waals surface area contributed by atoms with Crippen LogP contribution in [0, 0.1) is 0 Å². The summed E-state index contributed by atoms with van der Waals surface area (Å²) in [6.45, 7) is 0.190. The summed E-state index contributed by atoms with van der Waals surface area (Å²) in [5.74, 6) is -0.811. The van der Waals surface area contributed by atoms with E-state index in [4.69, 9.17) is 9.47 Å². The first-order valence-corrected chi connectivity index (χ1v) is 11.0. The van der Waals surface area contributed by atoms with Gasteiger partial charge in [-0.2, -0.15) is 0 Å². The predicted molar refractivity (Wildman–Crippen MR) is 132 cm³/mol. The largest absolute Gasteiger partial charge is 0.507 e. The Morgan fingerprint density at radius 2 is 1.63 bits per heavy atom. The normalized spacial score (nSPS) is 16.9. The van der Waals surface area contributed by atoms with Crippen molar-refractivity contribution in [3.05, 3.63) is 89.3 Å². The number of hydrogen-bond donors (Lipinski definition) is 1. The molecule has 0 radical (unpaired) electrons. The maximum absolute atomic E-state index is 13.3. The quantitative estimate of drug-likeness (QED) is 0.317. The van der Waals surface area contributed by atoms with Crippen molar-refractivity contribution in [2.75, 3.05) is 33.2 Å². The Bertz CT molecular complexity index is 1270. The third-order valence-corrected chi connectivity index (χ3v) is 6.02. The number of carbonyl (C=O) groups is 2. The smallest absolute Gasteiger partial charge is 0.295 e. The van der Waals surface area contributed by atoms with Gasteiger partial charge >= 0.3 is 0 Å². The highest BCUT2D eigenvalue weighted by Crippen LogP contribution is 2.41. The van der Waals surface area contributed by atoms with Crippen LogP contribution >= 0.6 is 0 Å². The van der Waals surface area contributed by atoms with Gasteiger partial charge in [-0.05, 0) is 53.6 Å². The highest BCUT2D eigenvalue weighted by Gasteiger charge is 2.46. The van der Waals surface area contributed by atoms with E-state index in [1.807, 2.05) is 43.3 Å². The van der Waals surface area contributed by atoms with Crippen LogP contribution in [-0.4, -0.2) is 55.0 Å². The summed E-state index contributed by atoms with van der Waals surface area (Å²) in [5, 5.41) is 11.3. The van der Waals surface area contributed by atoms with Gasteiger partial charge < -0.3 is 24.4 Å². The van der Waals surface area contributed by atoms with Crippen molar-refractivity contribution in [2.24, 2.45) is 0 Å². The molecule has 8 heteroatoms. The molecule has 0 aliphatic carbocycles. The van der Waals surface area contributed by atoms with Gasteiger partial charge in [0.15, 0.2) is 11.5 Å². The van der Waals surface area contributed by atoms with E-state index in [0.717, 1.165) is 11.3 Å². The molecule has 1 saturated heterocycles. The molecule has 8 nitrogen and oxygen atoms in total. The summed E-state index contributed by atoms with van der Waals surface area (Å²) >= 11 is 0. The lowest BCUT2D eigenvalue weighted by Gasteiger charge is -2.26. The monoisotopic (exact) mass is 473 g/mol. The minimum absolute atomic E-state index is 0.0221. The van der Waals surface area contributed by atoms with E-state index in [0.29, 0.717) is 22.6 Å². The number of ether oxygens (including phenoxy) is 2. The molecule has 2 heterocycles. The summed E-state index contributed by atoms with van der Waals surface area (Å²) in [5.41, 5.74) is 2.88. The number of aromatic nitrogens is 1. The Morgan fingerprint density at radius 3 is 2.23 bits per heavy atom. The summed E-state index contributed by atoms with van der Waals surface area (Å²) in [6.07, 6.45) is 3.27. The molecule has 180 valence electrons. The molecule has 1 unspecified atom stereocenters. The van der Waals surface area contributed by atoms with Gasteiger partial charge in [0.25, 0.3) is 11.7 Å². The van der Waals surface area contributed by atoms with Gasteiger partial charge in [0.2, 0.25) is 0 Å². The van der Waals surface area contributed by atoms with Crippen molar-refractivity contribution < 1.29 is 24.2 Å². The molecular weight excluding hydrogens is 446 g/mol. The van der Waals surface area contributed by atoms with Gasteiger partial charge in [0.1, 0.15) is 5.76 Å². The molecule has 35 heavy (non-hydrogen) atoms. The molecule has 4 rings (SSSR count). The van der Waals surface area contributed by atoms with Crippen LogP contribution in [0.3, 0.4) is 0 Å². The molecule has 1 fully saturated rings. The van der Waals surface area contributed by atoms with Gasteiger partial charge in [-0.1, -0.05) is 12.1 Å². The number of Topliss-reactive ketones (excluding diaryl/α,β-unsaturated/α-hetero) is 1. The number of likely N-dealkylation sites (tertiary alicyclic amines) is 1. The first-order chi connectivity index (χ1) is 16.8. The summed E-state index contributed by atoms with van der Waals surface area (Å²) < 4.78 is 10.6. The van der Waals surface area contributed by atoms with Crippen LogP contribution in [0.4, 0.5) is 5.69 Å². The highest BCUT2D eigenvalue weighted by molar-refractivity contribution is 6.46. The number of pyridine rings is 1. The van der Waals surface area contributed by atoms with E-state index in [1.54, 1.807) is 42.7 Å². The Kier molecular flexibility index (Phi) is 6.73. The van der Waals surface area contributed by atoms with Crippen LogP contribution in [-0.2, 0) is 16.1 Å². The van der Waals surface area contributed by atoms with Crippen LogP contribution in [0.2, 0.25) is 0 Å². The van der Waals surface area contributed by atoms with Gasteiger partial charge in [0, 0.05) is 44.3 Å². The second-order valence-corrected chi connectivity index (χ2v) is 8.34. The molecule has 1 aromatic heterocycles. The van der Waals surface area contributed by atoms with Crippen LogP contribution < -0.4 is 14.4 Å². The van der Waals surface area contributed by atoms with Gasteiger partial charge in [-0.3, -0.25) is 14.6 Å². The first kappa shape index (κ1) is 23.8. The van der Waals surface area contributed by atoms with Gasteiger partial charge in [-0.25, -0.2) is 0 Å². The highest BCUT2D eigenvalue weighted by atomic mass is 16.5. The zero-order valence-electron chi connectivity index (χ0n) is 20.1. The second-order valence-electron chi connectivity index (χ2n) is 8.34. The van der Waals surface area contributed by atoms with E-state index in [-0.39, 0.29) is 17.9 Å². The summed E-state index contributed by atoms with van der Waals surface area (Å²) in [6, 6.07) is 15.2. The Hall–Kier alpha value is -4.33. The zero-order chi connectivity index (χ0) is 25.1. The molecule has 0 saturated carbocycles. The number of ketones is 1. The number of anilines is 1. The molecule has 0 spiro atoms. The number of aliphatic hydroxyl groups excluding tert-OH is 1. The summed E-state index contributed by atoms with van der Waals surface area (Å²) in [4.78, 5) is 33.9. The number of methoxy groups -OCH3 is 2. The van der Waals surface area contributed by atoms with Gasteiger partial charge in [-0.15, -0.1) is 0 Å². The third-order valence-electron chi connectivity index (χ3n) is 6.02. The van der Waals surface area contributed by atoms with E-state index in [1.165, 1.54) is 19.1 Å². The molecular formula is C27H27N3O5. The van der Waals surface area contributed by atoms with Crippen molar-refractivity contribution in [1.82, 2.24) is 9.88 Å². The Balaban J connectivity index is 1.86. The van der Waals surface area contributed by atoms with E-state index in [2.05, 4.69) is 4.98 Å². The summed E-state index contributed by atoms with van der Waals surface area (Å²) in [7, 11) is 6.87.